The second-order valence-corrected chi connectivity index (χ2v) is 5.40. The average molecular weight is 348 g/mol. The largest absolute Gasteiger partial charge is 1.00 e. The molecule has 7 heteroatoms. The van der Waals surface area contributed by atoms with Gasteiger partial charge in [0.05, 0.1) is 18.2 Å². The molecule has 0 bridgehead atoms. The van der Waals surface area contributed by atoms with Crippen LogP contribution in [0.3, 0.4) is 0 Å². The number of aromatic carboxylic acids is 1. The summed E-state index contributed by atoms with van der Waals surface area (Å²) in [4.78, 5) is 24.2. The van der Waals surface area contributed by atoms with Gasteiger partial charge in [0.15, 0.2) is 0 Å². The number of ketones is 1. The van der Waals surface area contributed by atoms with Crippen LogP contribution in [0.2, 0.25) is 0 Å². The van der Waals surface area contributed by atoms with Crippen molar-refractivity contribution in [3.8, 4) is 5.75 Å². The maximum atomic E-state index is 13.0. The molecule has 0 saturated carbocycles. The molecule has 3 rings (SSSR count). The second kappa shape index (κ2) is 7.31. The number of carboxylic acids is 1. The van der Waals surface area contributed by atoms with Gasteiger partial charge in [-0.15, -0.1) is 0 Å². The molecule has 0 amide bonds. The van der Waals surface area contributed by atoms with Crippen molar-refractivity contribution < 1.29 is 50.4 Å². The Morgan fingerprint density at radius 1 is 1.24 bits per heavy atom. The Morgan fingerprint density at radius 3 is 2.60 bits per heavy atom. The Hall–Kier alpha value is -2.28. The van der Waals surface area contributed by atoms with Crippen LogP contribution in [0.4, 0.5) is 5.69 Å². The van der Waals surface area contributed by atoms with Gasteiger partial charge >= 0.3 is 35.5 Å². The fraction of sp³-hybridized carbons (Fsp3) is 0.111. The summed E-state index contributed by atoms with van der Waals surface area (Å²) in [6.45, 7) is 1.80. The Morgan fingerprint density at radius 2 is 1.96 bits per heavy atom. The topological polar surface area (TPSA) is 94.0 Å². The van der Waals surface area contributed by atoms with Gasteiger partial charge in [0.25, 0.3) is 0 Å². The Kier molecular flexibility index (Phi) is 5.57. The van der Waals surface area contributed by atoms with Gasteiger partial charge in [0.1, 0.15) is 11.4 Å². The first kappa shape index (κ1) is 19.1. The van der Waals surface area contributed by atoms with Gasteiger partial charge in [-0.05, 0) is 37.3 Å². The monoisotopic (exact) mass is 348 g/mol. The number of ether oxygens (including phenoxy) is 1. The van der Waals surface area contributed by atoms with E-state index < -0.39 is 5.97 Å². The molecule has 0 aliphatic rings. The predicted molar refractivity (Wildman–Crippen MR) is 91.0 cm³/mol. The molecular weight excluding hydrogens is 331 g/mol. The standard InChI is InChI=1S/C18H16N2O4.Na.H/c1-10-15(20-8-4-3-5-14(20)17(10)24-2)16(21)11-6-7-13(19)12(9-11)18(22)23;;/h3-9H,19H2,1-2H3,(H,22,23);;/q;+1;-1. The molecule has 3 aromatic rings. The zero-order chi connectivity index (χ0) is 17.4. The number of pyridine rings is 1. The fourth-order valence-electron chi connectivity index (χ4n) is 2.86. The third kappa shape index (κ3) is 3.16. The molecule has 2 aromatic heterocycles. The zero-order valence-electron chi connectivity index (χ0n) is 15.2. The summed E-state index contributed by atoms with van der Waals surface area (Å²) in [5.41, 5.74) is 7.85. The van der Waals surface area contributed by atoms with Crippen molar-refractivity contribution >= 4 is 23.0 Å². The van der Waals surface area contributed by atoms with Crippen LogP contribution in [0.5, 0.6) is 5.75 Å². The summed E-state index contributed by atoms with van der Waals surface area (Å²) < 4.78 is 7.16. The second-order valence-electron chi connectivity index (χ2n) is 5.40. The van der Waals surface area contributed by atoms with Crippen molar-refractivity contribution in [2.24, 2.45) is 0 Å². The number of aromatic nitrogens is 1. The van der Waals surface area contributed by atoms with Gasteiger partial charge in [0, 0.05) is 23.0 Å². The van der Waals surface area contributed by atoms with Gasteiger partial charge in [-0.2, -0.15) is 0 Å². The van der Waals surface area contributed by atoms with Crippen LogP contribution in [0.25, 0.3) is 5.52 Å². The van der Waals surface area contributed by atoms with E-state index in [2.05, 4.69) is 0 Å². The number of carbonyl (C=O) groups is 2. The number of carbonyl (C=O) groups excluding carboxylic acids is 1. The molecule has 0 aliphatic heterocycles. The molecule has 124 valence electrons. The first-order valence-corrected chi connectivity index (χ1v) is 7.27. The minimum absolute atomic E-state index is 0. The van der Waals surface area contributed by atoms with Crippen molar-refractivity contribution in [2.45, 2.75) is 6.92 Å². The third-order valence-electron chi connectivity index (χ3n) is 3.99. The minimum atomic E-state index is -1.17. The summed E-state index contributed by atoms with van der Waals surface area (Å²) in [6.07, 6.45) is 1.77. The summed E-state index contributed by atoms with van der Waals surface area (Å²) >= 11 is 0. The Labute approximate surface area is 168 Å². The van der Waals surface area contributed by atoms with E-state index in [1.54, 1.807) is 24.6 Å². The number of benzene rings is 1. The molecule has 0 saturated heterocycles. The molecule has 3 N–H and O–H groups in total. The number of hydrogen-bond donors (Lipinski definition) is 2. The van der Waals surface area contributed by atoms with Crippen LogP contribution in [-0.4, -0.2) is 28.4 Å². The zero-order valence-corrected chi connectivity index (χ0v) is 16.2. The number of fused-ring (bicyclic) bond motifs is 1. The number of nitrogens with two attached hydrogens (primary N) is 1. The molecule has 6 nitrogen and oxygen atoms in total. The van der Waals surface area contributed by atoms with E-state index in [0.29, 0.717) is 17.0 Å². The van der Waals surface area contributed by atoms with Gasteiger partial charge < -0.3 is 21.4 Å². The Bertz CT molecular complexity index is 985. The normalized spacial score (nSPS) is 10.3. The van der Waals surface area contributed by atoms with Crippen LogP contribution in [0.1, 0.15) is 33.4 Å². The van der Waals surface area contributed by atoms with Crippen LogP contribution in [0.15, 0.2) is 42.6 Å². The van der Waals surface area contributed by atoms with E-state index >= 15 is 0 Å². The van der Waals surface area contributed by atoms with Gasteiger partial charge in [0.2, 0.25) is 5.78 Å². The molecular formula is C18H17N2NaO4. The molecule has 2 heterocycles. The average Bonchev–Trinajstić information content (AvgIpc) is 2.85. The van der Waals surface area contributed by atoms with Crippen molar-refractivity contribution in [3.63, 3.8) is 0 Å². The quantitative estimate of drug-likeness (QED) is 0.390. The number of methoxy groups -OCH3 is 1. The molecule has 0 unspecified atom stereocenters. The minimum Gasteiger partial charge on any atom is -1.00 e. The van der Waals surface area contributed by atoms with E-state index in [4.69, 9.17) is 10.5 Å². The summed E-state index contributed by atoms with van der Waals surface area (Å²) in [7, 11) is 1.55. The smallest absolute Gasteiger partial charge is 1.00 e. The van der Waals surface area contributed by atoms with Crippen LogP contribution in [0, 0.1) is 6.92 Å². The van der Waals surface area contributed by atoms with Crippen molar-refractivity contribution in [2.75, 3.05) is 12.8 Å². The summed E-state index contributed by atoms with van der Waals surface area (Å²) in [6, 6.07) is 9.78. The third-order valence-corrected chi connectivity index (χ3v) is 3.99. The molecule has 0 radical (unpaired) electrons. The number of nitrogen functional groups attached to an aromatic ring is 1. The molecule has 0 fully saturated rings. The maximum absolute atomic E-state index is 13.0. The number of hydrogen-bond acceptors (Lipinski definition) is 4. The van der Waals surface area contributed by atoms with Crippen molar-refractivity contribution in [1.82, 2.24) is 4.40 Å². The molecule has 1 aromatic carbocycles. The van der Waals surface area contributed by atoms with Gasteiger partial charge in [-0.3, -0.25) is 4.79 Å². The van der Waals surface area contributed by atoms with E-state index in [9.17, 15) is 14.7 Å². The first-order chi connectivity index (χ1) is 11.5. The molecule has 0 atom stereocenters. The van der Waals surface area contributed by atoms with Gasteiger partial charge in [-0.25, -0.2) is 4.79 Å². The number of carboxylic acid groups (broad SMARTS) is 1. The van der Waals surface area contributed by atoms with Crippen LogP contribution in [-0.2, 0) is 0 Å². The molecule has 0 spiro atoms. The van der Waals surface area contributed by atoms with Crippen LogP contribution >= 0.6 is 0 Å². The number of nitrogens with zero attached hydrogens (tertiary/aromatic N) is 1. The first-order valence-electron chi connectivity index (χ1n) is 7.27. The fourth-order valence-corrected chi connectivity index (χ4v) is 2.86. The van der Waals surface area contributed by atoms with Crippen molar-refractivity contribution in [3.05, 3.63) is 65.0 Å². The van der Waals surface area contributed by atoms with E-state index in [1.807, 2.05) is 18.2 Å². The summed E-state index contributed by atoms with van der Waals surface area (Å²) in [5.74, 6) is -0.844. The Balaban J connectivity index is 0.00000169. The van der Waals surface area contributed by atoms with E-state index in [-0.39, 0.29) is 53.6 Å². The van der Waals surface area contributed by atoms with E-state index in [1.165, 1.54) is 18.2 Å². The number of anilines is 1. The summed E-state index contributed by atoms with van der Waals surface area (Å²) in [5, 5.41) is 9.19. The van der Waals surface area contributed by atoms with Gasteiger partial charge in [-0.1, -0.05) is 6.07 Å². The SMILES string of the molecule is COc1c(C)c(C(=O)c2ccc(N)c(C(=O)O)c2)n2ccccc12.[H-].[Na+]. The predicted octanol–water partition coefficient (Wildman–Crippen LogP) is -0.116. The molecule has 25 heavy (non-hydrogen) atoms. The molecule has 0 aliphatic carbocycles. The van der Waals surface area contributed by atoms with E-state index in [0.717, 1.165) is 5.52 Å². The van der Waals surface area contributed by atoms with Crippen LogP contribution < -0.4 is 40.0 Å². The number of rotatable bonds is 4. The van der Waals surface area contributed by atoms with Crippen molar-refractivity contribution in [1.29, 1.82) is 0 Å². The maximum Gasteiger partial charge on any atom is 1.00 e.